The third kappa shape index (κ3) is 4.64. The summed E-state index contributed by atoms with van der Waals surface area (Å²) in [6.07, 6.45) is 12.2. The molecule has 0 spiro atoms. The van der Waals surface area contributed by atoms with Gasteiger partial charge in [0, 0.05) is 12.4 Å². The first-order valence-corrected chi connectivity index (χ1v) is 5.81. The van der Waals surface area contributed by atoms with Gasteiger partial charge in [0.15, 0.2) is 0 Å². The molecule has 0 fully saturated rings. The highest BCUT2D eigenvalue weighted by Gasteiger charge is 1.98. The minimum atomic E-state index is 0.849. The van der Waals surface area contributed by atoms with Crippen molar-refractivity contribution in [3.05, 3.63) is 48.1 Å². The standard InChI is InChI=1S/C14H19N3/c1-4-6-9-16-14(7-5-2)17-13-11-15-10-8-12(13)3/h4,6-11,17H,5H2,1-3H3/b6-4-,14-7-,16-9-. The molecule has 1 heterocycles. The van der Waals surface area contributed by atoms with Crippen molar-refractivity contribution in [1.82, 2.24) is 4.98 Å². The average molecular weight is 229 g/mol. The number of hydrogen-bond donors (Lipinski definition) is 1. The minimum Gasteiger partial charge on any atom is -0.339 e. The van der Waals surface area contributed by atoms with E-state index in [1.165, 1.54) is 0 Å². The number of allylic oxidation sites excluding steroid dienone is 3. The van der Waals surface area contributed by atoms with E-state index < -0.39 is 0 Å². The van der Waals surface area contributed by atoms with Gasteiger partial charge >= 0.3 is 0 Å². The van der Waals surface area contributed by atoms with Crippen molar-refractivity contribution in [2.45, 2.75) is 27.2 Å². The van der Waals surface area contributed by atoms with Crippen molar-refractivity contribution in [2.24, 2.45) is 4.99 Å². The molecule has 0 aliphatic rings. The van der Waals surface area contributed by atoms with Crippen LogP contribution < -0.4 is 5.32 Å². The zero-order valence-corrected chi connectivity index (χ0v) is 10.6. The summed E-state index contributed by atoms with van der Waals surface area (Å²) in [5.74, 6) is 0.849. The largest absolute Gasteiger partial charge is 0.339 e. The van der Waals surface area contributed by atoms with Crippen molar-refractivity contribution in [3.63, 3.8) is 0 Å². The van der Waals surface area contributed by atoms with Crippen LogP contribution in [0.2, 0.25) is 0 Å². The molecule has 0 saturated carbocycles. The van der Waals surface area contributed by atoms with Gasteiger partial charge in [0.05, 0.1) is 11.9 Å². The number of aliphatic imine (C=N–C) groups is 1. The fourth-order valence-corrected chi connectivity index (χ4v) is 1.27. The lowest BCUT2D eigenvalue weighted by molar-refractivity contribution is 1.15. The van der Waals surface area contributed by atoms with Crippen molar-refractivity contribution in [2.75, 3.05) is 5.32 Å². The van der Waals surface area contributed by atoms with Gasteiger partial charge in [-0.25, -0.2) is 4.99 Å². The Hall–Kier alpha value is -1.90. The Kier molecular flexibility index (Phi) is 5.72. The minimum absolute atomic E-state index is 0.849. The zero-order valence-electron chi connectivity index (χ0n) is 10.6. The Morgan fingerprint density at radius 3 is 3.00 bits per heavy atom. The number of pyridine rings is 1. The van der Waals surface area contributed by atoms with E-state index in [1.807, 2.05) is 44.3 Å². The Morgan fingerprint density at radius 1 is 1.53 bits per heavy atom. The van der Waals surface area contributed by atoms with Crippen molar-refractivity contribution in [1.29, 1.82) is 0 Å². The van der Waals surface area contributed by atoms with E-state index in [2.05, 4.69) is 22.2 Å². The summed E-state index contributed by atoms with van der Waals surface area (Å²) in [5.41, 5.74) is 2.15. The van der Waals surface area contributed by atoms with E-state index in [1.54, 1.807) is 12.4 Å². The van der Waals surface area contributed by atoms with Crippen LogP contribution in [0.15, 0.2) is 47.5 Å². The van der Waals surface area contributed by atoms with Crippen molar-refractivity contribution < 1.29 is 0 Å². The smallest absolute Gasteiger partial charge is 0.126 e. The van der Waals surface area contributed by atoms with Gasteiger partial charge in [-0.1, -0.05) is 13.0 Å². The van der Waals surface area contributed by atoms with Crippen LogP contribution in [0, 0.1) is 6.92 Å². The van der Waals surface area contributed by atoms with Gasteiger partial charge in [-0.05, 0) is 44.1 Å². The maximum atomic E-state index is 4.35. The number of aryl methyl sites for hydroxylation is 1. The molecule has 3 nitrogen and oxygen atoms in total. The summed E-state index contributed by atoms with van der Waals surface area (Å²) in [6.45, 7) is 6.10. The summed E-state index contributed by atoms with van der Waals surface area (Å²) in [6, 6.07) is 1.97. The van der Waals surface area contributed by atoms with Gasteiger partial charge in [-0.2, -0.15) is 0 Å². The number of nitrogens with one attached hydrogen (secondary N) is 1. The highest BCUT2D eigenvalue weighted by Crippen LogP contribution is 2.14. The van der Waals surface area contributed by atoms with E-state index in [-0.39, 0.29) is 0 Å². The maximum absolute atomic E-state index is 4.35. The van der Waals surface area contributed by atoms with Crippen LogP contribution in [-0.2, 0) is 0 Å². The number of nitrogens with zero attached hydrogens (tertiary/aromatic N) is 2. The summed E-state index contributed by atoms with van der Waals surface area (Å²) in [5, 5.41) is 3.27. The van der Waals surface area contributed by atoms with Gasteiger partial charge in [0.2, 0.25) is 0 Å². The van der Waals surface area contributed by atoms with Crippen molar-refractivity contribution >= 4 is 11.9 Å². The molecular weight excluding hydrogens is 210 g/mol. The lowest BCUT2D eigenvalue weighted by atomic mass is 10.2. The van der Waals surface area contributed by atoms with E-state index in [4.69, 9.17) is 0 Å². The van der Waals surface area contributed by atoms with Crippen LogP contribution in [0.4, 0.5) is 5.69 Å². The lowest BCUT2D eigenvalue weighted by Crippen LogP contribution is -1.99. The van der Waals surface area contributed by atoms with E-state index in [0.717, 1.165) is 23.5 Å². The third-order valence-corrected chi connectivity index (χ3v) is 2.19. The van der Waals surface area contributed by atoms with Gasteiger partial charge in [-0.3, -0.25) is 4.98 Å². The fourth-order valence-electron chi connectivity index (χ4n) is 1.27. The van der Waals surface area contributed by atoms with Crippen molar-refractivity contribution in [3.8, 4) is 0 Å². The second kappa shape index (κ2) is 7.39. The quantitative estimate of drug-likeness (QED) is 0.782. The molecule has 0 radical (unpaired) electrons. The highest BCUT2D eigenvalue weighted by molar-refractivity contribution is 5.72. The van der Waals surface area contributed by atoms with Gasteiger partial charge < -0.3 is 5.32 Å². The Morgan fingerprint density at radius 2 is 2.35 bits per heavy atom. The van der Waals surface area contributed by atoms with Crippen LogP contribution in [0.3, 0.4) is 0 Å². The molecule has 0 aliphatic carbocycles. The fraction of sp³-hybridized carbons (Fsp3) is 0.286. The molecule has 0 amide bonds. The van der Waals surface area contributed by atoms with E-state index >= 15 is 0 Å². The SMILES string of the molecule is C\C=C/C=N\C(=C\CC)Nc1cnccc1C. The third-order valence-electron chi connectivity index (χ3n) is 2.19. The molecule has 90 valence electrons. The predicted molar refractivity (Wildman–Crippen MR) is 74.3 cm³/mol. The lowest BCUT2D eigenvalue weighted by Gasteiger charge is -2.08. The van der Waals surface area contributed by atoms with Gasteiger partial charge in [0.1, 0.15) is 5.82 Å². The molecule has 0 aromatic carbocycles. The van der Waals surface area contributed by atoms with Crippen LogP contribution in [-0.4, -0.2) is 11.2 Å². The monoisotopic (exact) mass is 229 g/mol. The first-order valence-electron chi connectivity index (χ1n) is 5.81. The molecule has 0 atom stereocenters. The number of anilines is 1. The Labute approximate surface area is 103 Å². The predicted octanol–water partition coefficient (Wildman–Crippen LogP) is 3.70. The number of hydrogen-bond acceptors (Lipinski definition) is 3. The number of rotatable bonds is 5. The molecular formula is C14H19N3. The van der Waals surface area contributed by atoms with Crippen LogP contribution >= 0.6 is 0 Å². The maximum Gasteiger partial charge on any atom is 0.126 e. The van der Waals surface area contributed by atoms with E-state index in [0.29, 0.717) is 0 Å². The van der Waals surface area contributed by atoms with Gasteiger partial charge in [-0.15, -0.1) is 0 Å². The molecule has 1 aromatic rings. The summed E-state index contributed by atoms with van der Waals surface area (Å²) in [4.78, 5) is 8.45. The first-order chi connectivity index (χ1) is 8.27. The van der Waals surface area contributed by atoms with E-state index in [9.17, 15) is 0 Å². The molecule has 3 heteroatoms. The Balaban J connectivity index is 2.81. The van der Waals surface area contributed by atoms with Crippen LogP contribution in [0.5, 0.6) is 0 Å². The zero-order chi connectivity index (χ0) is 12.5. The normalized spacial score (nSPS) is 12.5. The molecule has 1 aromatic heterocycles. The van der Waals surface area contributed by atoms with Crippen LogP contribution in [0.25, 0.3) is 0 Å². The summed E-state index contributed by atoms with van der Waals surface area (Å²) in [7, 11) is 0. The average Bonchev–Trinajstić information content (AvgIpc) is 2.32. The molecule has 0 bridgehead atoms. The first kappa shape index (κ1) is 13.2. The molecule has 1 rings (SSSR count). The molecule has 0 unspecified atom stereocenters. The Bertz CT molecular complexity index is 431. The summed E-state index contributed by atoms with van der Waals surface area (Å²) >= 11 is 0. The van der Waals surface area contributed by atoms with Crippen LogP contribution in [0.1, 0.15) is 25.8 Å². The topological polar surface area (TPSA) is 37.3 Å². The van der Waals surface area contributed by atoms with Gasteiger partial charge in [0.25, 0.3) is 0 Å². The molecule has 17 heavy (non-hydrogen) atoms. The second-order valence-corrected chi connectivity index (χ2v) is 3.62. The number of aromatic nitrogens is 1. The summed E-state index contributed by atoms with van der Waals surface area (Å²) < 4.78 is 0. The molecule has 1 N–H and O–H groups in total. The second-order valence-electron chi connectivity index (χ2n) is 3.62. The molecule has 0 aliphatic heterocycles. The highest BCUT2D eigenvalue weighted by atomic mass is 15.0. The molecule has 0 saturated heterocycles.